The van der Waals surface area contributed by atoms with Crippen molar-refractivity contribution in [2.75, 3.05) is 6.54 Å². The van der Waals surface area contributed by atoms with E-state index in [9.17, 15) is 0 Å². The van der Waals surface area contributed by atoms with Crippen LogP contribution >= 0.6 is 11.6 Å². The zero-order valence-corrected chi connectivity index (χ0v) is 11.0. The monoisotopic (exact) mass is 241 g/mol. The number of hydrogen-bond donors (Lipinski definition) is 1. The first-order valence-corrected chi connectivity index (χ1v) is 6.43. The lowest BCUT2D eigenvalue weighted by Gasteiger charge is -2.25. The Hall–Kier alpha value is -0.540. The van der Waals surface area contributed by atoms with Crippen molar-refractivity contribution in [3.8, 4) is 0 Å². The summed E-state index contributed by atoms with van der Waals surface area (Å²) in [7, 11) is 1.96. The minimum Gasteiger partial charge on any atom is -0.309 e. The second kappa shape index (κ2) is 4.76. The van der Waals surface area contributed by atoms with E-state index in [2.05, 4.69) is 24.3 Å². The van der Waals surface area contributed by atoms with Crippen molar-refractivity contribution in [3.63, 3.8) is 0 Å². The van der Waals surface area contributed by atoms with E-state index < -0.39 is 0 Å². The summed E-state index contributed by atoms with van der Waals surface area (Å²) in [6.45, 7) is 5.41. The predicted molar refractivity (Wildman–Crippen MR) is 66.5 cm³/mol. The van der Waals surface area contributed by atoms with E-state index in [0.717, 1.165) is 23.2 Å². The summed E-state index contributed by atoms with van der Waals surface area (Å²) in [5.41, 5.74) is 1.13. The van der Waals surface area contributed by atoms with Crippen molar-refractivity contribution in [3.05, 3.63) is 16.9 Å². The van der Waals surface area contributed by atoms with Crippen LogP contribution in [0.4, 0.5) is 0 Å². The molecular weight excluding hydrogens is 222 g/mol. The Morgan fingerprint density at radius 2 is 2.31 bits per heavy atom. The summed E-state index contributed by atoms with van der Waals surface area (Å²) >= 11 is 6.22. The van der Waals surface area contributed by atoms with E-state index in [1.807, 2.05) is 11.7 Å². The molecule has 2 rings (SSSR count). The SMILES string of the molecule is CCNC(c1c(Cl)cnn1C)C(C)C1CC1. The highest BCUT2D eigenvalue weighted by atomic mass is 35.5. The Labute approximate surface area is 102 Å². The van der Waals surface area contributed by atoms with Crippen LogP contribution in [0.25, 0.3) is 0 Å². The van der Waals surface area contributed by atoms with Gasteiger partial charge in [0.15, 0.2) is 0 Å². The first-order chi connectivity index (χ1) is 7.65. The second-order valence-corrected chi connectivity index (χ2v) is 5.14. The van der Waals surface area contributed by atoms with Gasteiger partial charge in [-0.15, -0.1) is 0 Å². The lowest BCUT2D eigenvalue weighted by atomic mass is 9.94. The van der Waals surface area contributed by atoms with Crippen molar-refractivity contribution < 1.29 is 0 Å². The smallest absolute Gasteiger partial charge is 0.0834 e. The summed E-state index contributed by atoms with van der Waals surface area (Å²) in [4.78, 5) is 0. The topological polar surface area (TPSA) is 29.9 Å². The molecule has 2 unspecified atom stereocenters. The van der Waals surface area contributed by atoms with Gasteiger partial charge in [0.05, 0.1) is 23.0 Å². The van der Waals surface area contributed by atoms with Crippen LogP contribution in [-0.2, 0) is 7.05 Å². The van der Waals surface area contributed by atoms with E-state index in [1.54, 1.807) is 6.20 Å². The highest BCUT2D eigenvalue weighted by Crippen LogP contribution is 2.43. The average molecular weight is 242 g/mol. The summed E-state index contributed by atoms with van der Waals surface area (Å²) in [6.07, 6.45) is 4.46. The van der Waals surface area contributed by atoms with Crippen LogP contribution in [0.15, 0.2) is 6.20 Å². The van der Waals surface area contributed by atoms with Gasteiger partial charge in [-0.05, 0) is 31.2 Å². The summed E-state index contributed by atoms with van der Waals surface area (Å²) in [5.74, 6) is 1.49. The predicted octanol–water partition coefficient (Wildman–Crippen LogP) is 2.77. The van der Waals surface area contributed by atoms with Gasteiger partial charge in [0.2, 0.25) is 0 Å². The van der Waals surface area contributed by atoms with Gasteiger partial charge in [-0.1, -0.05) is 25.4 Å². The molecule has 0 radical (unpaired) electrons. The Morgan fingerprint density at radius 1 is 1.62 bits per heavy atom. The molecule has 16 heavy (non-hydrogen) atoms. The van der Waals surface area contributed by atoms with Crippen molar-refractivity contribution >= 4 is 11.6 Å². The molecule has 1 aliphatic carbocycles. The molecule has 1 saturated carbocycles. The molecule has 1 aromatic rings. The van der Waals surface area contributed by atoms with E-state index >= 15 is 0 Å². The molecule has 0 aliphatic heterocycles. The fourth-order valence-electron chi connectivity index (χ4n) is 2.42. The number of rotatable bonds is 5. The normalized spacial score (nSPS) is 19.8. The fraction of sp³-hybridized carbons (Fsp3) is 0.750. The molecule has 4 heteroatoms. The number of nitrogens with zero attached hydrogens (tertiary/aromatic N) is 2. The van der Waals surface area contributed by atoms with Gasteiger partial charge in [0, 0.05) is 7.05 Å². The highest BCUT2D eigenvalue weighted by molar-refractivity contribution is 6.31. The minimum absolute atomic E-state index is 0.331. The van der Waals surface area contributed by atoms with E-state index in [1.165, 1.54) is 12.8 Å². The van der Waals surface area contributed by atoms with Crippen molar-refractivity contribution in [2.24, 2.45) is 18.9 Å². The van der Waals surface area contributed by atoms with Crippen LogP contribution in [0.1, 0.15) is 38.4 Å². The number of halogens is 1. The molecule has 3 nitrogen and oxygen atoms in total. The van der Waals surface area contributed by atoms with Crippen molar-refractivity contribution in [1.82, 2.24) is 15.1 Å². The van der Waals surface area contributed by atoms with Crippen LogP contribution < -0.4 is 5.32 Å². The second-order valence-electron chi connectivity index (χ2n) is 4.73. The number of hydrogen-bond acceptors (Lipinski definition) is 2. The van der Waals surface area contributed by atoms with Crippen LogP contribution in [0.5, 0.6) is 0 Å². The molecule has 1 heterocycles. The Morgan fingerprint density at radius 3 is 2.75 bits per heavy atom. The Balaban J connectivity index is 2.23. The molecule has 1 aromatic heterocycles. The van der Waals surface area contributed by atoms with Gasteiger partial charge in [-0.25, -0.2) is 0 Å². The number of nitrogens with one attached hydrogen (secondary N) is 1. The third kappa shape index (κ3) is 2.25. The lowest BCUT2D eigenvalue weighted by Crippen LogP contribution is -2.30. The molecule has 2 atom stereocenters. The van der Waals surface area contributed by atoms with Gasteiger partial charge >= 0.3 is 0 Å². The molecule has 0 bridgehead atoms. The van der Waals surface area contributed by atoms with Crippen LogP contribution in [0.3, 0.4) is 0 Å². The average Bonchev–Trinajstić information content (AvgIpc) is 3.04. The first kappa shape index (κ1) is 11.9. The Bertz CT molecular complexity index is 338. The maximum Gasteiger partial charge on any atom is 0.0834 e. The maximum atomic E-state index is 6.22. The zero-order chi connectivity index (χ0) is 11.7. The summed E-state index contributed by atoms with van der Waals surface area (Å²) < 4.78 is 1.90. The van der Waals surface area contributed by atoms with Crippen LogP contribution in [-0.4, -0.2) is 16.3 Å². The lowest BCUT2D eigenvalue weighted by molar-refractivity contribution is 0.339. The van der Waals surface area contributed by atoms with E-state index in [-0.39, 0.29) is 0 Å². The van der Waals surface area contributed by atoms with Crippen molar-refractivity contribution in [2.45, 2.75) is 32.7 Å². The highest BCUT2D eigenvalue weighted by Gasteiger charge is 2.35. The third-order valence-corrected chi connectivity index (χ3v) is 3.84. The van der Waals surface area contributed by atoms with E-state index in [0.29, 0.717) is 12.0 Å². The van der Waals surface area contributed by atoms with Crippen molar-refractivity contribution in [1.29, 1.82) is 0 Å². The quantitative estimate of drug-likeness (QED) is 0.859. The standard InChI is InChI=1S/C12H20ClN3/c1-4-14-11(8(2)9-5-6-9)12-10(13)7-15-16(12)3/h7-9,11,14H,4-6H2,1-3H3. The van der Waals surface area contributed by atoms with Crippen LogP contribution in [0, 0.1) is 11.8 Å². The van der Waals surface area contributed by atoms with E-state index in [4.69, 9.17) is 11.6 Å². The maximum absolute atomic E-state index is 6.22. The fourth-order valence-corrected chi connectivity index (χ4v) is 2.70. The molecule has 1 fully saturated rings. The molecule has 1 N–H and O–H groups in total. The van der Waals surface area contributed by atoms with Crippen LogP contribution in [0.2, 0.25) is 5.02 Å². The molecule has 0 aromatic carbocycles. The molecule has 1 aliphatic rings. The van der Waals surface area contributed by atoms with Gasteiger partial charge in [0.25, 0.3) is 0 Å². The molecule has 0 spiro atoms. The first-order valence-electron chi connectivity index (χ1n) is 6.06. The minimum atomic E-state index is 0.331. The Kier molecular flexibility index (Phi) is 3.55. The largest absolute Gasteiger partial charge is 0.309 e. The third-order valence-electron chi connectivity index (χ3n) is 3.55. The summed E-state index contributed by atoms with van der Waals surface area (Å²) in [5, 5.41) is 8.55. The molecule has 0 amide bonds. The number of aromatic nitrogens is 2. The molecule has 0 saturated heterocycles. The number of aryl methyl sites for hydroxylation is 1. The van der Waals surface area contributed by atoms with Gasteiger partial charge in [-0.2, -0.15) is 5.10 Å². The molecule has 90 valence electrons. The zero-order valence-electron chi connectivity index (χ0n) is 10.2. The van der Waals surface area contributed by atoms with Gasteiger partial charge in [0.1, 0.15) is 0 Å². The summed E-state index contributed by atoms with van der Waals surface area (Å²) in [6, 6.07) is 0.331. The molecular formula is C12H20ClN3. The van der Waals surface area contributed by atoms with Gasteiger partial charge < -0.3 is 5.32 Å². The van der Waals surface area contributed by atoms with Gasteiger partial charge in [-0.3, -0.25) is 4.68 Å².